The Kier molecular flexibility index (Phi) is 6.90. The van der Waals surface area contributed by atoms with Crippen LogP contribution in [0.15, 0.2) is 0 Å². The minimum Gasteiger partial charge on any atom is -0.414 e. The first-order valence-electron chi connectivity index (χ1n) is 11.0. The van der Waals surface area contributed by atoms with Gasteiger partial charge in [-0.15, -0.1) is 0 Å². The van der Waals surface area contributed by atoms with E-state index < -0.39 is 27.8 Å². The molecule has 0 aromatic carbocycles. The van der Waals surface area contributed by atoms with E-state index in [1.54, 1.807) is 0 Å². The molecule has 0 spiro atoms. The van der Waals surface area contributed by atoms with Crippen molar-refractivity contribution >= 4 is 16.6 Å². The monoisotopic (exact) mass is 450 g/mol. The molecule has 0 aromatic heterocycles. The quantitative estimate of drug-likeness (QED) is 0.311. The van der Waals surface area contributed by atoms with Gasteiger partial charge in [-0.25, -0.2) is 0 Å². The van der Waals surface area contributed by atoms with Crippen LogP contribution < -0.4 is 0 Å². The van der Waals surface area contributed by atoms with E-state index >= 15 is 0 Å². The van der Waals surface area contributed by atoms with Crippen LogP contribution in [-0.2, 0) is 18.3 Å². The van der Waals surface area contributed by atoms with E-state index in [4.69, 9.17) is 18.3 Å². The highest BCUT2D eigenvalue weighted by Crippen LogP contribution is 2.41. The van der Waals surface area contributed by atoms with Gasteiger partial charge >= 0.3 is 0 Å². The van der Waals surface area contributed by atoms with Crippen LogP contribution in [-0.4, -0.2) is 53.3 Å². The fourth-order valence-corrected chi connectivity index (χ4v) is 4.44. The summed E-state index contributed by atoms with van der Waals surface area (Å²) in [5.74, 6) is 12.3. The predicted octanol–water partition coefficient (Wildman–Crippen LogP) is 5.35. The lowest BCUT2D eigenvalue weighted by atomic mass is 10.1. The van der Waals surface area contributed by atoms with Gasteiger partial charge in [-0.3, -0.25) is 0 Å². The zero-order valence-corrected chi connectivity index (χ0v) is 23.2. The van der Waals surface area contributed by atoms with E-state index in [9.17, 15) is 0 Å². The first-order chi connectivity index (χ1) is 13.3. The third kappa shape index (κ3) is 6.00. The fraction of sp³-hybridized carbons (Fsp3) is 0.833. The summed E-state index contributed by atoms with van der Waals surface area (Å²) >= 11 is 0. The van der Waals surface area contributed by atoms with Gasteiger partial charge in [-0.2, -0.15) is 0 Å². The molecule has 170 valence electrons. The fourth-order valence-electron chi connectivity index (χ4n) is 2.44. The Morgan fingerprint density at radius 1 is 0.700 bits per heavy atom. The Balaban J connectivity index is 1.82. The van der Waals surface area contributed by atoms with Crippen molar-refractivity contribution in [2.45, 2.75) is 115 Å². The van der Waals surface area contributed by atoms with Gasteiger partial charge in [0.05, 0.1) is 13.2 Å². The molecule has 0 aliphatic carbocycles. The Bertz CT molecular complexity index is 703. The molecule has 2 heterocycles. The third-order valence-electron chi connectivity index (χ3n) is 7.38. The van der Waals surface area contributed by atoms with E-state index in [0.717, 1.165) is 0 Å². The second kappa shape index (κ2) is 8.07. The maximum absolute atomic E-state index is 6.26. The second-order valence-corrected chi connectivity index (χ2v) is 21.7. The van der Waals surface area contributed by atoms with Gasteiger partial charge in [0.2, 0.25) is 0 Å². The van der Waals surface area contributed by atoms with Crippen LogP contribution in [0.2, 0.25) is 36.3 Å². The van der Waals surface area contributed by atoms with Gasteiger partial charge in [0.25, 0.3) is 0 Å². The molecule has 4 unspecified atom stereocenters. The van der Waals surface area contributed by atoms with Crippen molar-refractivity contribution in [3.8, 4) is 23.7 Å². The lowest BCUT2D eigenvalue weighted by Crippen LogP contribution is -2.42. The van der Waals surface area contributed by atoms with E-state index in [-0.39, 0.29) is 22.3 Å². The number of epoxide rings is 2. The molecule has 2 fully saturated rings. The summed E-state index contributed by atoms with van der Waals surface area (Å²) in [7, 11) is -3.54. The zero-order chi connectivity index (χ0) is 23.2. The lowest BCUT2D eigenvalue weighted by molar-refractivity contribution is 0.240. The van der Waals surface area contributed by atoms with E-state index in [1.807, 2.05) is 13.8 Å². The first kappa shape index (κ1) is 25.7. The van der Waals surface area contributed by atoms with Crippen LogP contribution in [0.4, 0.5) is 0 Å². The molecule has 0 aromatic rings. The van der Waals surface area contributed by atoms with Crippen LogP contribution in [0, 0.1) is 23.7 Å². The van der Waals surface area contributed by atoms with Crippen molar-refractivity contribution in [1.82, 2.24) is 0 Å². The van der Waals surface area contributed by atoms with Gasteiger partial charge in [-0.05, 0) is 62.0 Å². The summed E-state index contributed by atoms with van der Waals surface area (Å²) in [5.41, 5.74) is -0.902. The predicted molar refractivity (Wildman–Crippen MR) is 128 cm³/mol. The van der Waals surface area contributed by atoms with Crippen molar-refractivity contribution in [3.05, 3.63) is 0 Å². The van der Waals surface area contributed by atoms with Crippen LogP contribution in [0.5, 0.6) is 0 Å². The van der Waals surface area contributed by atoms with Gasteiger partial charge in [0.1, 0.15) is 12.2 Å². The molecule has 0 N–H and O–H groups in total. The average Bonchev–Trinajstić information content (AvgIpc) is 3.42. The maximum atomic E-state index is 6.26. The molecule has 2 aliphatic heterocycles. The Hall–Kier alpha value is -0.606. The van der Waals surface area contributed by atoms with Gasteiger partial charge < -0.3 is 18.3 Å². The summed E-state index contributed by atoms with van der Waals surface area (Å²) in [5, 5.41) is 0.389. The maximum Gasteiger partial charge on any atom is 0.192 e. The lowest BCUT2D eigenvalue weighted by Gasteiger charge is -2.36. The average molecular weight is 451 g/mol. The van der Waals surface area contributed by atoms with Gasteiger partial charge in [0, 0.05) is 0 Å². The summed E-state index contributed by atoms with van der Waals surface area (Å²) in [6, 6.07) is 0. The van der Waals surface area contributed by atoms with Gasteiger partial charge in [-0.1, -0.05) is 53.4 Å². The van der Waals surface area contributed by atoms with Crippen molar-refractivity contribution < 1.29 is 18.3 Å². The molecule has 0 amide bonds. The van der Waals surface area contributed by atoms with E-state index in [0.29, 0.717) is 13.2 Å². The van der Waals surface area contributed by atoms with Crippen LogP contribution in [0.1, 0.15) is 55.4 Å². The normalized spacial score (nSPS) is 31.3. The van der Waals surface area contributed by atoms with Crippen LogP contribution >= 0.6 is 0 Å². The van der Waals surface area contributed by atoms with Crippen LogP contribution in [0.3, 0.4) is 0 Å². The largest absolute Gasteiger partial charge is 0.414 e. The number of hydrogen-bond acceptors (Lipinski definition) is 4. The molecule has 30 heavy (non-hydrogen) atoms. The van der Waals surface area contributed by atoms with Gasteiger partial charge in [0.15, 0.2) is 27.8 Å². The smallest absolute Gasteiger partial charge is 0.192 e. The number of ether oxygens (including phenoxy) is 2. The Morgan fingerprint density at radius 2 is 1.00 bits per heavy atom. The first-order valence-corrected chi connectivity index (χ1v) is 16.8. The molecular weight excluding hydrogens is 408 g/mol. The summed E-state index contributed by atoms with van der Waals surface area (Å²) in [6.45, 7) is 27.7. The summed E-state index contributed by atoms with van der Waals surface area (Å²) in [4.78, 5) is 0. The highest BCUT2D eigenvalue weighted by molar-refractivity contribution is 6.74. The molecule has 2 rings (SSSR count). The molecule has 0 bridgehead atoms. The molecular formula is C24H42O4Si2. The standard InChI is InChI=1S/C24H42O4Si2/c1-21(2,3)29(9,10)25-17-19-23(7,27-19)15-13-14-16-24(8)20(28-24)18-26-30(11,12)22(4,5)6/h19-20H,17-18H2,1-12H3. The molecule has 0 radical (unpaired) electrons. The Labute approximate surface area is 187 Å². The molecule has 4 atom stereocenters. The molecule has 2 saturated heterocycles. The zero-order valence-electron chi connectivity index (χ0n) is 21.2. The minimum atomic E-state index is -1.77. The topological polar surface area (TPSA) is 43.5 Å². The molecule has 0 saturated carbocycles. The number of hydrogen-bond donors (Lipinski definition) is 0. The second-order valence-electron chi connectivity index (χ2n) is 12.1. The summed E-state index contributed by atoms with van der Waals surface area (Å²) in [6.07, 6.45) is 0.0545. The van der Waals surface area contributed by atoms with E-state index in [2.05, 4.69) is 91.4 Å². The van der Waals surface area contributed by atoms with Crippen molar-refractivity contribution in [2.75, 3.05) is 13.2 Å². The highest BCUT2D eigenvalue weighted by Gasteiger charge is 2.54. The van der Waals surface area contributed by atoms with Crippen molar-refractivity contribution in [2.24, 2.45) is 0 Å². The van der Waals surface area contributed by atoms with Crippen molar-refractivity contribution in [1.29, 1.82) is 0 Å². The van der Waals surface area contributed by atoms with E-state index in [1.165, 1.54) is 0 Å². The molecule has 6 heteroatoms. The van der Waals surface area contributed by atoms with Crippen LogP contribution in [0.25, 0.3) is 0 Å². The third-order valence-corrected chi connectivity index (χ3v) is 16.4. The number of rotatable bonds is 6. The SMILES string of the molecule is CC1(C#CC#CC2(C)OC2CO[Si](C)(C)C(C)(C)C)OC1CO[Si](C)(C)C(C)(C)C. The minimum absolute atomic E-state index is 0.0272. The summed E-state index contributed by atoms with van der Waals surface area (Å²) < 4.78 is 24.1. The van der Waals surface area contributed by atoms with Crippen molar-refractivity contribution in [3.63, 3.8) is 0 Å². The molecule has 2 aliphatic rings. The molecule has 4 nitrogen and oxygen atoms in total. The highest BCUT2D eigenvalue weighted by atomic mass is 28.4. The Morgan fingerprint density at radius 3 is 1.27 bits per heavy atom.